The van der Waals surface area contributed by atoms with Gasteiger partial charge in [-0.3, -0.25) is 4.79 Å². The Kier molecular flexibility index (Phi) is 3.02. The SMILES string of the molecule is O=C(NCc1cc(C2CC2)on1)c1ccc2c(c1)CCC2. The second-order valence-electron chi connectivity index (χ2n) is 6.01. The van der Waals surface area contributed by atoms with Crippen molar-refractivity contribution in [1.29, 1.82) is 0 Å². The molecule has 2 aliphatic rings. The summed E-state index contributed by atoms with van der Waals surface area (Å²) < 4.78 is 5.29. The van der Waals surface area contributed by atoms with Crippen molar-refractivity contribution in [2.75, 3.05) is 0 Å². The van der Waals surface area contributed by atoms with E-state index in [0.717, 1.165) is 29.9 Å². The van der Waals surface area contributed by atoms with Gasteiger partial charge >= 0.3 is 0 Å². The molecule has 0 saturated heterocycles. The minimum atomic E-state index is -0.0410. The molecule has 4 rings (SSSR count). The summed E-state index contributed by atoms with van der Waals surface area (Å²) in [5.74, 6) is 1.47. The van der Waals surface area contributed by atoms with E-state index in [1.807, 2.05) is 18.2 Å². The number of benzene rings is 1. The van der Waals surface area contributed by atoms with E-state index in [2.05, 4.69) is 16.5 Å². The summed E-state index contributed by atoms with van der Waals surface area (Å²) in [4.78, 5) is 12.2. The number of fused-ring (bicyclic) bond motifs is 1. The first-order valence-electron chi connectivity index (χ1n) is 7.65. The number of rotatable bonds is 4. The highest BCUT2D eigenvalue weighted by atomic mass is 16.5. The Balaban J connectivity index is 1.40. The zero-order chi connectivity index (χ0) is 14.2. The third-order valence-corrected chi connectivity index (χ3v) is 4.35. The Morgan fingerprint density at radius 3 is 2.95 bits per heavy atom. The minimum absolute atomic E-state index is 0.0410. The number of aromatic nitrogens is 1. The molecule has 2 aromatic rings. The van der Waals surface area contributed by atoms with Crippen molar-refractivity contribution < 1.29 is 9.32 Å². The van der Waals surface area contributed by atoms with E-state index in [4.69, 9.17) is 4.52 Å². The molecule has 1 aromatic carbocycles. The fourth-order valence-electron chi connectivity index (χ4n) is 2.96. The first-order chi connectivity index (χ1) is 10.3. The topological polar surface area (TPSA) is 55.1 Å². The van der Waals surface area contributed by atoms with Crippen molar-refractivity contribution in [3.8, 4) is 0 Å². The molecule has 1 amide bonds. The number of carbonyl (C=O) groups excluding carboxylic acids is 1. The van der Waals surface area contributed by atoms with Crippen molar-refractivity contribution in [1.82, 2.24) is 10.5 Å². The van der Waals surface area contributed by atoms with Gasteiger partial charge in [0.25, 0.3) is 5.91 Å². The van der Waals surface area contributed by atoms with E-state index < -0.39 is 0 Å². The van der Waals surface area contributed by atoms with Gasteiger partial charge in [-0.1, -0.05) is 11.2 Å². The molecular formula is C17H18N2O2. The predicted molar refractivity (Wildman–Crippen MR) is 78.1 cm³/mol. The molecule has 0 atom stereocenters. The molecule has 1 aromatic heterocycles. The summed E-state index contributed by atoms with van der Waals surface area (Å²) in [6.07, 6.45) is 5.81. The molecule has 1 N–H and O–H groups in total. The van der Waals surface area contributed by atoms with Crippen molar-refractivity contribution in [2.24, 2.45) is 0 Å². The Bertz CT molecular complexity index is 686. The van der Waals surface area contributed by atoms with Gasteiger partial charge in [0, 0.05) is 17.5 Å². The number of nitrogens with zero attached hydrogens (tertiary/aromatic N) is 1. The van der Waals surface area contributed by atoms with Gasteiger partial charge in [0.2, 0.25) is 0 Å². The van der Waals surface area contributed by atoms with E-state index in [1.54, 1.807) is 0 Å². The number of carbonyl (C=O) groups is 1. The van der Waals surface area contributed by atoms with E-state index in [0.29, 0.717) is 12.5 Å². The maximum atomic E-state index is 12.2. The third-order valence-electron chi connectivity index (χ3n) is 4.35. The highest BCUT2D eigenvalue weighted by molar-refractivity contribution is 5.94. The lowest BCUT2D eigenvalue weighted by atomic mass is 10.1. The average Bonchev–Trinajstić information content (AvgIpc) is 3.07. The lowest BCUT2D eigenvalue weighted by Gasteiger charge is -2.05. The van der Waals surface area contributed by atoms with Gasteiger partial charge in [-0.05, 0) is 55.4 Å². The first-order valence-corrected chi connectivity index (χ1v) is 7.65. The lowest BCUT2D eigenvalue weighted by molar-refractivity contribution is 0.0950. The van der Waals surface area contributed by atoms with E-state index >= 15 is 0 Å². The highest BCUT2D eigenvalue weighted by Crippen LogP contribution is 2.40. The van der Waals surface area contributed by atoms with Gasteiger partial charge in [-0.2, -0.15) is 0 Å². The number of nitrogens with one attached hydrogen (secondary N) is 1. The van der Waals surface area contributed by atoms with Crippen LogP contribution in [-0.2, 0) is 19.4 Å². The predicted octanol–water partition coefficient (Wildman–Crippen LogP) is 2.97. The molecule has 0 spiro atoms. The number of hydrogen-bond acceptors (Lipinski definition) is 3. The van der Waals surface area contributed by atoms with Crippen molar-refractivity contribution in [3.05, 3.63) is 52.4 Å². The molecule has 0 unspecified atom stereocenters. The smallest absolute Gasteiger partial charge is 0.251 e. The Hall–Kier alpha value is -2.10. The van der Waals surface area contributed by atoms with E-state index in [-0.39, 0.29) is 5.91 Å². The molecule has 0 radical (unpaired) electrons. The molecule has 1 saturated carbocycles. The van der Waals surface area contributed by atoms with Gasteiger partial charge < -0.3 is 9.84 Å². The van der Waals surface area contributed by atoms with Crippen LogP contribution in [0.1, 0.15) is 58.1 Å². The minimum Gasteiger partial charge on any atom is -0.361 e. The summed E-state index contributed by atoms with van der Waals surface area (Å²) >= 11 is 0. The van der Waals surface area contributed by atoms with Gasteiger partial charge in [0.1, 0.15) is 11.5 Å². The molecule has 0 aliphatic heterocycles. The third kappa shape index (κ3) is 2.58. The zero-order valence-corrected chi connectivity index (χ0v) is 11.9. The largest absolute Gasteiger partial charge is 0.361 e. The van der Waals surface area contributed by atoms with Crippen molar-refractivity contribution >= 4 is 5.91 Å². The van der Waals surface area contributed by atoms with E-state index in [9.17, 15) is 4.79 Å². The van der Waals surface area contributed by atoms with Crippen LogP contribution in [0, 0.1) is 0 Å². The molecule has 4 heteroatoms. The molecule has 2 aliphatic carbocycles. The molecule has 1 heterocycles. The summed E-state index contributed by atoms with van der Waals surface area (Å²) in [6, 6.07) is 7.98. The molecule has 4 nitrogen and oxygen atoms in total. The molecule has 21 heavy (non-hydrogen) atoms. The van der Waals surface area contributed by atoms with Crippen LogP contribution in [-0.4, -0.2) is 11.1 Å². The second kappa shape index (κ2) is 5.02. The molecule has 0 bridgehead atoms. The van der Waals surface area contributed by atoms with Gasteiger partial charge in [0.15, 0.2) is 0 Å². The maximum absolute atomic E-state index is 12.2. The monoisotopic (exact) mass is 282 g/mol. The molecule has 108 valence electrons. The van der Waals surface area contributed by atoms with Crippen LogP contribution < -0.4 is 5.32 Å². The summed E-state index contributed by atoms with van der Waals surface area (Å²) in [6.45, 7) is 0.423. The standard InChI is InChI=1S/C17H18N2O2/c20-17(14-7-4-11-2-1-3-13(11)8-14)18-10-15-9-16(21-19-15)12-5-6-12/h4,7-9,12H,1-3,5-6,10H2,(H,18,20). The summed E-state index contributed by atoms with van der Waals surface area (Å²) in [7, 11) is 0. The van der Waals surface area contributed by atoms with Crippen LogP contribution in [0.4, 0.5) is 0 Å². The van der Waals surface area contributed by atoms with Crippen LogP contribution in [0.5, 0.6) is 0 Å². The van der Waals surface area contributed by atoms with Gasteiger partial charge in [-0.15, -0.1) is 0 Å². The van der Waals surface area contributed by atoms with Crippen LogP contribution in [0.3, 0.4) is 0 Å². The lowest BCUT2D eigenvalue weighted by Crippen LogP contribution is -2.23. The fourth-order valence-corrected chi connectivity index (χ4v) is 2.96. The molecular weight excluding hydrogens is 264 g/mol. The van der Waals surface area contributed by atoms with Crippen LogP contribution >= 0.6 is 0 Å². The van der Waals surface area contributed by atoms with Gasteiger partial charge in [-0.25, -0.2) is 0 Å². The van der Waals surface area contributed by atoms with E-state index in [1.165, 1.54) is 30.4 Å². The fraction of sp³-hybridized carbons (Fsp3) is 0.412. The maximum Gasteiger partial charge on any atom is 0.251 e. The Labute approximate surface area is 123 Å². The van der Waals surface area contributed by atoms with Crippen LogP contribution in [0.15, 0.2) is 28.8 Å². The van der Waals surface area contributed by atoms with Crippen molar-refractivity contribution in [3.63, 3.8) is 0 Å². The molecule has 1 fully saturated rings. The Morgan fingerprint density at radius 2 is 2.10 bits per heavy atom. The normalized spacial score (nSPS) is 16.8. The second-order valence-corrected chi connectivity index (χ2v) is 6.01. The Morgan fingerprint density at radius 1 is 1.24 bits per heavy atom. The average molecular weight is 282 g/mol. The quantitative estimate of drug-likeness (QED) is 0.938. The van der Waals surface area contributed by atoms with Crippen LogP contribution in [0.25, 0.3) is 0 Å². The highest BCUT2D eigenvalue weighted by Gasteiger charge is 2.27. The van der Waals surface area contributed by atoms with Gasteiger partial charge in [0.05, 0.1) is 6.54 Å². The first kappa shape index (κ1) is 12.6. The summed E-state index contributed by atoms with van der Waals surface area (Å²) in [5, 5.41) is 6.93. The van der Waals surface area contributed by atoms with Crippen molar-refractivity contribution in [2.45, 2.75) is 44.6 Å². The van der Waals surface area contributed by atoms with Crippen LogP contribution in [0.2, 0.25) is 0 Å². The number of aryl methyl sites for hydroxylation is 2. The number of hydrogen-bond donors (Lipinski definition) is 1. The summed E-state index contributed by atoms with van der Waals surface area (Å²) in [5.41, 5.74) is 4.24. The zero-order valence-electron chi connectivity index (χ0n) is 11.9. The number of amides is 1.